The molecule has 0 saturated heterocycles. The number of fused-ring (bicyclic) bond motifs is 1. The van der Waals surface area contributed by atoms with Crippen LogP contribution in [0.5, 0.6) is 0 Å². The van der Waals surface area contributed by atoms with Crippen LogP contribution in [-0.2, 0) is 0 Å². The van der Waals surface area contributed by atoms with Crippen molar-refractivity contribution in [1.29, 1.82) is 0 Å². The van der Waals surface area contributed by atoms with Crippen LogP contribution in [0.2, 0.25) is 0 Å². The minimum atomic E-state index is -0.369. The lowest BCUT2D eigenvalue weighted by Crippen LogP contribution is -2.34. The van der Waals surface area contributed by atoms with Crippen LogP contribution in [-0.4, -0.2) is 34.8 Å². The average molecular weight is 418 g/mol. The monoisotopic (exact) mass is 417 g/mol. The van der Waals surface area contributed by atoms with Crippen molar-refractivity contribution in [3.8, 4) is 0 Å². The second-order valence-corrected chi connectivity index (χ2v) is 6.58. The van der Waals surface area contributed by atoms with Gasteiger partial charge in [-0.2, -0.15) is 0 Å². The number of thiocarbonyl (C=S) groups is 1. The van der Waals surface area contributed by atoms with Crippen LogP contribution in [0.3, 0.4) is 0 Å². The molecule has 0 spiro atoms. The van der Waals surface area contributed by atoms with E-state index in [1.54, 1.807) is 36.4 Å². The second kappa shape index (κ2) is 6.73. The molecule has 0 bridgehead atoms. The van der Waals surface area contributed by atoms with E-state index in [4.69, 9.17) is 12.2 Å². The van der Waals surface area contributed by atoms with Gasteiger partial charge < -0.3 is 5.32 Å². The van der Waals surface area contributed by atoms with Crippen LogP contribution in [0.1, 0.15) is 31.1 Å². The van der Waals surface area contributed by atoms with Crippen molar-refractivity contribution in [1.82, 2.24) is 10.2 Å². The van der Waals surface area contributed by atoms with E-state index < -0.39 is 0 Å². The Kier molecular flexibility index (Phi) is 4.65. The average Bonchev–Trinajstić information content (AvgIpc) is 2.79. The third-order valence-corrected chi connectivity index (χ3v) is 4.59. The standard InChI is InChI=1S/C17H12BrN3O3S/c1-21-15(23)10-7-6-9(8-12(10)16(21)24)19-17(25)20-14(22)11-4-2-3-5-13(11)18/h2-8H,1H3,(H2,19,20,22,25). The zero-order valence-corrected chi connectivity index (χ0v) is 15.4. The van der Waals surface area contributed by atoms with E-state index in [0.717, 1.165) is 4.90 Å². The van der Waals surface area contributed by atoms with Crippen molar-refractivity contribution >= 4 is 56.7 Å². The third-order valence-electron chi connectivity index (χ3n) is 3.69. The summed E-state index contributed by atoms with van der Waals surface area (Å²) in [5.74, 6) is -1.07. The summed E-state index contributed by atoms with van der Waals surface area (Å²) in [6, 6.07) is 11.7. The van der Waals surface area contributed by atoms with Crippen LogP contribution >= 0.6 is 28.1 Å². The Bertz CT molecular complexity index is 929. The van der Waals surface area contributed by atoms with Crippen LogP contribution in [0.15, 0.2) is 46.9 Å². The lowest BCUT2D eigenvalue weighted by Gasteiger charge is -2.11. The van der Waals surface area contributed by atoms with Crippen molar-refractivity contribution in [3.63, 3.8) is 0 Å². The van der Waals surface area contributed by atoms with Gasteiger partial charge in [-0.1, -0.05) is 12.1 Å². The summed E-state index contributed by atoms with van der Waals surface area (Å²) in [5.41, 5.74) is 1.61. The van der Waals surface area contributed by atoms with Gasteiger partial charge in [0.25, 0.3) is 17.7 Å². The van der Waals surface area contributed by atoms with Gasteiger partial charge in [0.1, 0.15) is 0 Å². The SMILES string of the molecule is CN1C(=O)c2ccc(NC(=S)NC(=O)c3ccccc3Br)cc2C1=O. The Labute approximate surface area is 157 Å². The number of imide groups is 1. The van der Waals surface area contributed by atoms with E-state index in [-0.39, 0.29) is 22.8 Å². The van der Waals surface area contributed by atoms with E-state index in [9.17, 15) is 14.4 Å². The first kappa shape index (κ1) is 17.2. The molecule has 3 rings (SSSR count). The predicted octanol–water partition coefficient (Wildman–Crippen LogP) is 2.80. The number of benzene rings is 2. The Hall–Kier alpha value is -2.58. The minimum absolute atomic E-state index is 0.0887. The fourth-order valence-electron chi connectivity index (χ4n) is 2.42. The molecule has 126 valence electrons. The normalized spacial score (nSPS) is 12.8. The van der Waals surface area contributed by atoms with Crippen molar-refractivity contribution in [3.05, 3.63) is 63.6 Å². The zero-order valence-electron chi connectivity index (χ0n) is 13.0. The summed E-state index contributed by atoms with van der Waals surface area (Å²) in [6.45, 7) is 0. The first-order valence-corrected chi connectivity index (χ1v) is 8.42. The highest BCUT2D eigenvalue weighted by Crippen LogP contribution is 2.24. The first-order chi connectivity index (χ1) is 11.9. The van der Waals surface area contributed by atoms with Crippen LogP contribution in [0.25, 0.3) is 0 Å². The van der Waals surface area contributed by atoms with Gasteiger partial charge in [0.2, 0.25) is 0 Å². The van der Waals surface area contributed by atoms with Gasteiger partial charge in [0.05, 0.1) is 16.7 Å². The predicted molar refractivity (Wildman–Crippen MR) is 101 cm³/mol. The number of nitrogens with one attached hydrogen (secondary N) is 2. The molecule has 1 aliphatic rings. The van der Waals surface area contributed by atoms with Crippen molar-refractivity contribution in [2.75, 3.05) is 12.4 Å². The van der Waals surface area contributed by atoms with Crippen LogP contribution in [0, 0.1) is 0 Å². The van der Waals surface area contributed by atoms with E-state index in [0.29, 0.717) is 26.9 Å². The van der Waals surface area contributed by atoms with Gasteiger partial charge in [-0.25, -0.2) is 0 Å². The molecule has 2 N–H and O–H groups in total. The van der Waals surface area contributed by atoms with Gasteiger partial charge in [-0.3, -0.25) is 24.6 Å². The van der Waals surface area contributed by atoms with E-state index >= 15 is 0 Å². The number of nitrogens with zero attached hydrogens (tertiary/aromatic N) is 1. The van der Waals surface area contributed by atoms with Gasteiger partial charge in [0.15, 0.2) is 5.11 Å². The Balaban J connectivity index is 1.73. The molecule has 3 amide bonds. The maximum absolute atomic E-state index is 12.2. The summed E-state index contributed by atoms with van der Waals surface area (Å²) in [6.07, 6.45) is 0. The molecule has 0 unspecified atom stereocenters. The van der Waals surface area contributed by atoms with Gasteiger partial charge >= 0.3 is 0 Å². The highest BCUT2D eigenvalue weighted by molar-refractivity contribution is 9.10. The van der Waals surface area contributed by atoms with Crippen molar-refractivity contribution in [2.24, 2.45) is 0 Å². The summed E-state index contributed by atoms with van der Waals surface area (Å²) >= 11 is 8.45. The molecule has 2 aromatic rings. The highest BCUT2D eigenvalue weighted by atomic mass is 79.9. The summed E-state index contributed by atoms with van der Waals surface area (Å²) in [5, 5.41) is 5.50. The van der Waals surface area contributed by atoms with Gasteiger partial charge in [0, 0.05) is 17.2 Å². The number of carbonyl (C=O) groups is 3. The molecule has 0 aliphatic carbocycles. The number of hydrogen-bond acceptors (Lipinski definition) is 4. The summed E-state index contributed by atoms with van der Waals surface area (Å²) in [4.78, 5) is 37.2. The molecule has 0 atom stereocenters. The first-order valence-electron chi connectivity index (χ1n) is 7.22. The molecule has 1 aliphatic heterocycles. The summed E-state index contributed by atoms with van der Waals surface area (Å²) in [7, 11) is 1.43. The smallest absolute Gasteiger partial charge is 0.261 e. The second-order valence-electron chi connectivity index (χ2n) is 5.32. The molecular formula is C17H12BrN3O3S. The lowest BCUT2D eigenvalue weighted by atomic mass is 10.1. The quantitative estimate of drug-likeness (QED) is 0.580. The minimum Gasteiger partial charge on any atom is -0.332 e. The van der Waals surface area contributed by atoms with Gasteiger partial charge in [-0.15, -0.1) is 0 Å². The van der Waals surface area contributed by atoms with E-state index in [1.807, 2.05) is 0 Å². The Morgan fingerprint density at radius 3 is 2.48 bits per heavy atom. The lowest BCUT2D eigenvalue weighted by molar-refractivity contribution is 0.0692. The fourth-order valence-corrected chi connectivity index (χ4v) is 3.09. The van der Waals surface area contributed by atoms with Crippen LogP contribution < -0.4 is 10.6 Å². The number of rotatable bonds is 2. The number of hydrogen-bond donors (Lipinski definition) is 2. The molecular weight excluding hydrogens is 406 g/mol. The Morgan fingerprint density at radius 2 is 1.76 bits per heavy atom. The molecule has 1 heterocycles. The Morgan fingerprint density at radius 1 is 1.08 bits per heavy atom. The number of anilines is 1. The molecule has 0 saturated carbocycles. The highest BCUT2D eigenvalue weighted by Gasteiger charge is 2.32. The van der Waals surface area contributed by atoms with Crippen LogP contribution in [0.4, 0.5) is 5.69 Å². The maximum Gasteiger partial charge on any atom is 0.261 e. The topological polar surface area (TPSA) is 78.5 Å². The summed E-state index contributed by atoms with van der Waals surface area (Å²) < 4.78 is 0.653. The zero-order chi connectivity index (χ0) is 18.1. The number of amides is 3. The number of carbonyl (C=O) groups excluding carboxylic acids is 3. The molecule has 2 aromatic carbocycles. The van der Waals surface area contributed by atoms with Crippen molar-refractivity contribution < 1.29 is 14.4 Å². The van der Waals surface area contributed by atoms with E-state index in [2.05, 4.69) is 26.6 Å². The van der Waals surface area contributed by atoms with Crippen molar-refractivity contribution in [2.45, 2.75) is 0 Å². The largest absolute Gasteiger partial charge is 0.332 e. The maximum atomic E-state index is 12.2. The molecule has 0 radical (unpaired) electrons. The molecule has 8 heteroatoms. The van der Waals surface area contributed by atoms with Gasteiger partial charge in [-0.05, 0) is 58.5 Å². The van der Waals surface area contributed by atoms with E-state index in [1.165, 1.54) is 13.1 Å². The third kappa shape index (κ3) is 3.31. The number of halogens is 1. The molecule has 0 aromatic heterocycles. The molecule has 0 fully saturated rings. The fraction of sp³-hybridized carbons (Fsp3) is 0.0588. The molecule has 6 nitrogen and oxygen atoms in total. The molecule has 25 heavy (non-hydrogen) atoms.